The number of nitrogens with one attached hydrogen (secondary N) is 1. The van der Waals surface area contributed by atoms with Crippen LogP contribution in [0.3, 0.4) is 0 Å². The summed E-state index contributed by atoms with van der Waals surface area (Å²) >= 11 is 0. The molecule has 1 N–H and O–H groups in total. The van der Waals surface area contributed by atoms with Crippen molar-refractivity contribution >= 4 is 21.1 Å². The van der Waals surface area contributed by atoms with Crippen molar-refractivity contribution in [3.8, 4) is 17.3 Å². The van der Waals surface area contributed by atoms with Crippen LogP contribution in [0.15, 0.2) is 46.3 Å². The lowest BCUT2D eigenvalue weighted by Crippen LogP contribution is -2.48. The van der Waals surface area contributed by atoms with E-state index in [4.69, 9.17) is 14.5 Å². The largest absolute Gasteiger partial charge is 0.474 e. The first kappa shape index (κ1) is 30.3. The van der Waals surface area contributed by atoms with Crippen molar-refractivity contribution < 1.29 is 17.9 Å². The molecule has 2 aliphatic rings. The minimum atomic E-state index is -3.85. The van der Waals surface area contributed by atoms with Crippen LogP contribution >= 0.6 is 0 Å². The maximum atomic E-state index is 13.8. The minimum Gasteiger partial charge on any atom is -0.474 e. The van der Waals surface area contributed by atoms with Gasteiger partial charge in [0.1, 0.15) is 22.3 Å². The highest BCUT2D eigenvalue weighted by Gasteiger charge is 2.30. The molecule has 2 aliphatic heterocycles. The highest BCUT2D eigenvalue weighted by Crippen LogP contribution is 2.32. The number of ether oxygens (including phenoxy) is 2. The van der Waals surface area contributed by atoms with Crippen LogP contribution in [0.4, 0.5) is 0 Å². The molecule has 14 heteroatoms. The SMILES string of the molecule is CCCc1c2nc(-c3cc(S(=O)(=O)N4CCN(CC)CC4)cnc3OC3CCOCC3)[nH]c(=O)c2nn1Cc1ccccn1. The van der Waals surface area contributed by atoms with Gasteiger partial charge in [0, 0.05) is 45.2 Å². The van der Waals surface area contributed by atoms with Gasteiger partial charge >= 0.3 is 0 Å². The predicted molar refractivity (Wildman–Crippen MR) is 164 cm³/mol. The van der Waals surface area contributed by atoms with Gasteiger partial charge in [-0.1, -0.05) is 26.3 Å². The van der Waals surface area contributed by atoms with Crippen LogP contribution in [-0.4, -0.2) is 99.4 Å². The average molecular weight is 623 g/mol. The molecule has 2 saturated heterocycles. The summed E-state index contributed by atoms with van der Waals surface area (Å²) in [5.41, 5.74) is 2.17. The lowest BCUT2D eigenvalue weighted by Gasteiger charge is -2.33. The van der Waals surface area contributed by atoms with E-state index in [0.717, 1.165) is 24.4 Å². The van der Waals surface area contributed by atoms with Gasteiger partial charge in [-0.25, -0.2) is 18.4 Å². The number of likely N-dealkylation sites (N-methyl/N-ethyl adjacent to an activating group) is 1. The molecular formula is C30H38N8O5S. The number of sulfonamides is 1. The number of pyridine rings is 2. The zero-order valence-corrected chi connectivity index (χ0v) is 25.9. The van der Waals surface area contributed by atoms with E-state index < -0.39 is 15.6 Å². The topological polar surface area (TPSA) is 148 Å². The van der Waals surface area contributed by atoms with Crippen molar-refractivity contribution in [3.63, 3.8) is 0 Å². The van der Waals surface area contributed by atoms with Gasteiger partial charge in [0.2, 0.25) is 15.9 Å². The Morgan fingerprint density at radius 3 is 2.57 bits per heavy atom. The minimum absolute atomic E-state index is 0.0270. The summed E-state index contributed by atoms with van der Waals surface area (Å²) < 4.78 is 42.6. The fourth-order valence-corrected chi connectivity index (χ4v) is 7.07. The van der Waals surface area contributed by atoms with E-state index in [-0.39, 0.29) is 28.2 Å². The summed E-state index contributed by atoms with van der Waals surface area (Å²) in [6.07, 6.45) is 5.70. The molecule has 0 unspecified atom stereocenters. The second-order valence-electron chi connectivity index (χ2n) is 11.1. The van der Waals surface area contributed by atoms with Crippen LogP contribution in [0.5, 0.6) is 5.88 Å². The standard InChI is InChI=1S/C30H38N8O5S/c1-3-7-25-26-27(35-38(25)20-21-8-5-6-11-31-21)29(39)34-28(33-26)24-18-23(19-32-30(24)43-22-9-16-42-17-10-22)44(40,41)37-14-12-36(4-2)13-15-37/h5-6,8,11,18-19,22H,3-4,7,9-10,12-17,20H2,1-2H3,(H,33,34,39). The molecule has 4 aromatic rings. The van der Waals surface area contributed by atoms with Crippen molar-refractivity contribution in [2.24, 2.45) is 0 Å². The molecular weight excluding hydrogens is 584 g/mol. The molecule has 0 spiro atoms. The van der Waals surface area contributed by atoms with Crippen molar-refractivity contribution in [2.75, 3.05) is 45.9 Å². The molecule has 0 bridgehead atoms. The Kier molecular flexibility index (Phi) is 9.03. The molecule has 6 heterocycles. The van der Waals surface area contributed by atoms with Crippen LogP contribution in [0, 0.1) is 0 Å². The van der Waals surface area contributed by atoms with E-state index in [0.29, 0.717) is 76.3 Å². The Bertz CT molecular complexity index is 1760. The van der Waals surface area contributed by atoms with Gasteiger partial charge in [0.05, 0.1) is 42.9 Å². The third-order valence-corrected chi connectivity index (χ3v) is 10.0. The Labute approximate surface area is 256 Å². The van der Waals surface area contributed by atoms with E-state index in [1.54, 1.807) is 10.9 Å². The van der Waals surface area contributed by atoms with E-state index >= 15 is 0 Å². The zero-order valence-electron chi connectivity index (χ0n) is 25.1. The van der Waals surface area contributed by atoms with Crippen molar-refractivity contribution in [2.45, 2.75) is 57.1 Å². The number of nitrogens with zero attached hydrogens (tertiary/aromatic N) is 7. The van der Waals surface area contributed by atoms with Crippen LogP contribution in [0.2, 0.25) is 0 Å². The molecule has 0 amide bonds. The zero-order chi connectivity index (χ0) is 30.7. The molecule has 0 aromatic carbocycles. The molecule has 4 aromatic heterocycles. The van der Waals surface area contributed by atoms with Crippen LogP contribution in [0.1, 0.15) is 44.5 Å². The van der Waals surface area contributed by atoms with Crippen LogP contribution < -0.4 is 10.3 Å². The van der Waals surface area contributed by atoms with Gasteiger partial charge in [-0.05, 0) is 31.2 Å². The third kappa shape index (κ3) is 6.25. The van der Waals surface area contributed by atoms with Gasteiger partial charge in [-0.15, -0.1) is 0 Å². The second kappa shape index (κ2) is 13.1. The number of H-pyrrole nitrogens is 1. The number of aryl methyl sites for hydroxylation is 1. The van der Waals surface area contributed by atoms with E-state index in [1.165, 1.54) is 16.6 Å². The third-order valence-electron chi connectivity index (χ3n) is 8.17. The monoisotopic (exact) mass is 622 g/mol. The lowest BCUT2D eigenvalue weighted by atomic mass is 10.1. The second-order valence-corrected chi connectivity index (χ2v) is 13.0. The van der Waals surface area contributed by atoms with Gasteiger partial charge in [0.25, 0.3) is 5.56 Å². The first-order chi connectivity index (χ1) is 21.4. The lowest BCUT2D eigenvalue weighted by molar-refractivity contribution is 0.0239. The fourth-order valence-electron chi connectivity index (χ4n) is 5.68. The van der Waals surface area contributed by atoms with E-state index in [2.05, 4.69) is 38.8 Å². The number of rotatable bonds is 10. The smallest absolute Gasteiger partial charge is 0.279 e. The molecule has 0 saturated carbocycles. The van der Waals surface area contributed by atoms with E-state index in [1.807, 2.05) is 18.2 Å². The average Bonchev–Trinajstić information content (AvgIpc) is 3.39. The molecule has 2 fully saturated rings. The Morgan fingerprint density at radius 1 is 1.07 bits per heavy atom. The summed E-state index contributed by atoms with van der Waals surface area (Å²) in [6, 6.07) is 7.18. The highest BCUT2D eigenvalue weighted by molar-refractivity contribution is 7.89. The number of hydrogen-bond acceptors (Lipinski definition) is 10. The van der Waals surface area contributed by atoms with Gasteiger partial charge in [0.15, 0.2) is 5.52 Å². The number of hydrogen-bond donors (Lipinski definition) is 1. The maximum absolute atomic E-state index is 13.8. The molecule has 0 atom stereocenters. The van der Waals surface area contributed by atoms with E-state index in [9.17, 15) is 13.2 Å². The summed E-state index contributed by atoms with van der Waals surface area (Å²) in [5.74, 6) is 0.395. The Hall–Kier alpha value is -3.72. The maximum Gasteiger partial charge on any atom is 0.279 e. The molecule has 0 radical (unpaired) electrons. The van der Waals surface area contributed by atoms with Crippen molar-refractivity contribution in [1.29, 1.82) is 0 Å². The summed E-state index contributed by atoms with van der Waals surface area (Å²) in [5, 5.41) is 4.61. The molecule has 44 heavy (non-hydrogen) atoms. The molecule has 13 nitrogen and oxygen atoms in total. The van der Waals surface area contributed by atoms with Crippen molar-refractivity contribution in [1.82, 2.24) is 38.9 Å². The first-order valence-electron chi connectivity index (χ1n) is 15.2. The highest BCUT2D eigenvalue weighted by atomic mass is 32.2. The summed E-state index contributed by atoms with van der Waals surface area (Å²) in [6.45, 7) is 8.61. The van der Waals surface area contributed by atoms with Gasteiger partial charge in [-0.2, -0.15) is 9.40 Å². The first-order valence-corrected chi connectivity index (χ1v) is 16.7. The number of fused-ring (bicyclic) bond motifs is 1. The summed E-state index contributed by atoms with van der Waals surface area (Å²) in [4.78, 5) is 32.4. The molecule has 234 valence electrons. The van der Waals surface area contributed by atoms with Crippen molar-refractivity contribution in [3.05, 3.63) is 58.4 Å². The number of aromatic nitrogens is 6. The van der Waals surface area contributed by atoms with Crippen LogP contribution in [-0.2, 0) is 27.7 Å². The van der Waals surface area contributed by atoms with Gasteiger partial charge in [-0.3, -0.25) is 14.5 Å². The molecule has 6 rings (SSSR count). The van der Waals surface area contributed by atoms with Crippen LogP contribution in [0.25, 0.3) is 22.4 Å². The normalized spacial score (nSPS) is 17.3. The predicted octanol–water partition coefficient (Wildman–Crippen LogP) is 2.46. The Morgan fingerprint density at radius 2 is 1.86 bits per heavy atom. The quantitative estimate of drug-likeness (QED) is 0.280. The number of aromatic amines is 1. The summed E-state index contributed by atoms with van der Waals surface area (Å²) in [7, 11) is -3.85. The molecule has 0 aliphatic carbocycles. The number of piperazine rings is 1. The fraction of sp³-hybridized carbons (Fsp3) is 0.500. The Balaban J connectivity index is 1.44. The van der Waals surface area contributed by atoms with Gasteiger partial charge < -0.3 is 19.4 Å².